The van der Waals surface area contributed by atoms with E-state index in [1.807, 2.05) is 0 Å². The molecule has 0 radical (unpaired) electrons. The van der Waals surface area contributed by atoms with E-state index < -0.39 is 5.97 Å². The summed E-state index contributed by atoms with van der Waals surface area (Å²) in [7, 11) is 0. The molecule has 0 spiro atoms. The zero-order chi connectivity index (χ0) is 7.56. The number of phenols is 1. The molecule has 0 heterocycles. The average Bonchev–Trinajstić information content (AvgIpc) is 1.88. The number of carboxylic acid groups (broad SMARTS) is 1. The van der Waals surface area contributed by atoms with Gasteiger partial charge in [-0.25, -0.2) is 4.79 Å². The van der Waals surface area contributed by atoms with Gasteiger partial charge in [0, 0.05) is 0 Å². The summed E-state index contributed by atoms with van der Waals surface area (Å²) in [4.78, 5) is 10.3. The van der Waals surface area contributed by atoms with Crippen molar-refractivity contribution in [3.8, 4) is 5.75 Å². The number of carbonyl (C=O) groups is 1. The molecule has 0 bridgehead atoms. The third-order valence-corrected chi connectivity index (χ3v) is 1.13. The van der Waals surface area contributed by atoms with Crippen molar-refractivity contribution in [2.24, 2.45) is 0 Å². The molecule has 0 aliphatic heterocycles. The first kappa shape index (κ1) is 11.1. The van der Waals surface area contributed by atoms with Crippen LogP contribution in [0.25, 0.3) is 0 Å². The second-order valence-corrected chi connectivity index (χ2v) is 1.82. The Kier molecular flexibility index (Phi) is 4.87. The van der Waals surface area contributed by atoms with Gasteiger partial charge in [-0.3, -0.25) is 0 Å². The van der Waals surface area contributed by atoms with Crippen LogP contribution < -0.4 is 0 Å². The predicted molar refractivity (Wildman–Crippen MR) is 43.0 cm³/mol. The molecular formula is C7H8BaO3. The van der Waals surface area contributed by atoms with Gasteiger partial charge in [0.2, 0.25) is 0 Å². The molecule has 0 aliphatic carbocycles. The SMILES string of the molecule is O=C(O)c1ccccc1O.[Ba+2].[H-].[H-]. The van der Waals surface area contributed by atoms with E-state index in [-0.39, 0.29) is 63.0 Å². The second-order valence-electron chi connectivity index (χ2n) is 1.82. The molecule has 1 aromatic carbocycles. The average molecular weight is 277 g/mol. The van der Waals surface area contributed by atoms with E-state index in [0.717, 1.165) is 0 Å². The number of aromatic carboxylic acids is 1. The van der Waals surface area contributed by atoms with E-state index in [9.17, 15) is 4.79 Å². The van der Waals surface area contributed by atoms with Gasteiger partial charge in [0.15, 0.2) is 0 Å². The Morgan fingerprint density at radius 3 is 2.27 bits per heavy atom. The van der Waals surface area contributed by atoms with Gasteiger partial charge in [-0.05, 0) is 12.1 Å². The maximum atomic E-state index is 10.3. The summed E-state index contributed by atoms with van der Waals surface area (Å²) in [6.07, 6.45) is 0. The van der Waals surface area contributed by atoms with Gasteiger partial charge in [0.05, 0.1) is 0 Å². The zero-order valence-corrected chi connectivity index (χ0v) is 10.3. The third-order valence-electron chi connectivity index (χ3n) is 1.13. The van der Waals surface area contributed by atoms with Crippen molar-refractivity contribution in [1.29, 1.82) is 0 Å². The second kappa shape index (κ2) is 4.84. The van der Waals surface area contributed by atoms with Gasteiger partial charge in [-0.15, -0.1) is 0 Å². The first-order chi connectivity index (χ1) is 4.72. The number of hydrogen-bond donors (Lipinski definition) is 2. The van der Waals surface area contributed by atoms with Crippen LogP contribution in [0.1, 0.15) is 13.2 Å². The van der Waals surface area contributed by atoms with Crippen molar-refractivity contribution in [2.45, 2.75) is 0 Å². The summed E-state index contributed by atoms with van der Waals surface area (Å²) >= 11 is 0. The smallest absolute Gasteiger partial charge is 1.00 e. The normalized spacial score (nSPS) is 8.36. The molecule has 0 saturated carbocycles. The standard InChI is InChI=1S/C7H6O3.Ba.2H/c8-6-4-2-1-3-5(6)7(9)10;;;/h1-4,8H,(H,9,10);;;/q;+2;2*-1. The fraction of sp³-hybridized carbons (Fsp3) is 0. The van der Waals surface area contributed by atoms with Crippen molar-refractivity contribution in [3.63, 3.8) is 0 Å². The molecule has 11 heavy (non-hydrogen) atoms. The van der Waals surface area contributed by atoms with Crippen LogP contribution in [0.15, 0.2) is 24.3 Å². The Labute approximate surface area is 107 Å². The maximum absolute atomic E-state index is 10.3. The van der Waals surface area contributed by atoms with Gasteiger partial charge < -0.3 is 13.1 Å². The number of rotatable bonds is 1. The third kappa shape index (κ3) is 2.88. The summed E-state index contributed by atoms with van der Waals surface area (Å²) in [5, 5.41) is 17.3. The van der Waals surface area contributed by atoms with Crippen molar-refractivity contribution in [1.82, 2.24) is 0 Å². The molecule has 0 atom stereocenters. The van der Waals surface area contributed by atoms with Gasteiger partial charge in [-0.1, -0.05) is 12.1 Å². The number of para-hydroxylation sites is 1. The fourth-order valence-electron chi connectivity index (χ4n) is 0.654. The van der Waals surface area contributed by atoms with E-state index in [4.69, 9.17) is 10.2 Å². The topological polar surface area (TPSA) is 57.5 Å². The summed E-state index contributed by atoms with van der Waals surface area (Å²) in [5.74, 6) is -1.31. The largest absolute Gasteiger partial charge is 2.00 e. The Morgan fingerprint density at radius 2 is 1.91 bits per heavy atom. The molecule has 0 saturated heterocycles. The number of benzene rings is 1. The fourth-order valence-corrected chi connectivity index (χ4v) is 0.654. The molecule has 4 heteroatoms. The van der Waals surface area contributed by atoms with Crippen LogP contribution in [-0.4, -0.2) is 65.1 Å². The van der Waals surface area contributed by atoms with Crippen LogP contribution >= 0.6 is 0 Å². The Hall–Kier alpha value is 0.0614. The monoisotopic (exact) mass is 278 g/mol. The first-order valence-corrected chi connectivity index (χ1v) is 2.73. The molecule has 0 aliphatic rings. The summed E-state index contributed by atoms with van der Waals surface area (Å²) in [5.41, 5.74) is -0.0671. The van der Waals surface area contributed by atoms with Gasteiger partial charge >= 0.3 is 54.9 Å². The molecular weight excluding hydrogens is 269 g/mol. The Morgan fingerprint density at radius 1 is 1.36 bits per heavy atom. The molecule has 0 aromatic heterocycles. The van der Waals surface area contributed by atoms with E-state index in [1.165, 1.54) is 12.1 Å². The van der Waals surface area contributed by atoms with E-state index in [0.29, 0.717) is 0 Å². The van der Waals surface area contributed by atoms with E-state index in [2.05, 4.69) is 0 Å². The Bertz CT molecular complexity index is 268. The minimum absolute atomic E-state index is 0. The van der Waals surface area contributed by atoms with Crippen molar-refractivity contribution in [3.05, 3.63) is 29.8 Å². The molecule has 1 rings (SSSR count). The molecule has 3 nitrogen and oxygen atoms in total. The van der Waals surface area contributed by atoms with Crippen LogP contribution in [0.3, 0.4) is 0 Å². The number of carboxylic acids is 1. The predicted octanol–water partition coefficient (Wildman–Crippen LogP) is 0.935. The van der Waals surface area contributed by atoms with Gasteiger partial charge in [0.25, 0.3) is 0 Å². The van der Waals surface area contributed by atoms with Crippen LogP contribution in [0, 0.1) is 0 Å². The van der Waals surface area contributed by atoms with Gasteiger partial charge in [-0.2, -0.15) is 0 Å². The molecule has 2 N–H and O–H groups in total. The van der Waals surface area contributed by atoms with Crippen LogP contribution in [0.4, 0.5) is 0 Å². The summed E-state index contributed by atoms with van der Waals surface area (Å²) in [6, 6.07) is 5.81. The number of aromatic hydroxyl groups is 1. The van der Waals surface area contributed by atoms with Crippen LogP contribution in [-0.2, 0) is 0 Å². The van der Waals surface area contributed by atoms with Crippen molar-refractivity contribution < 1.29 is 17.9 Å². The molecule has 1 aromatic rings. The van der Waals surface area contributed by atoms with E-state index >= 15 is 0 Å². The molecule has 0 amide bonds. The number of hydrogen-bond acceptors (Lipinski definition) is 2. The van der Waals surface area contributed by atoms with E-state index in [1.54, 1.807) is 12.1 Å². The van der Waals surface area contributed by atoms with Crippen LogP contribution in [0.2, 0.25) is 0 Å². The Balaban J connectivity index is -0.000000333. The molecule has 56 valence electrons. The molecule has 0 unspecified atom stereocenters. The molecule has 0 fully saturated rings. The van der Waals surface area contributed by atoms with Crippen LogP contribution in [0.5, 0.6) is 5.75 Å². The van der Waals surface area contributed by atoms with Crippen molar-refractivity contribution >= 4 is 54.9 Å². The maximum Gasteiger partial charge on any atom is 2.00 e. The minimum Gasteiger partial charge on any atom is -1.00 e. The summed E-state index contributed by atoms with van der Waals surface area (Å²) in [6.45, 7) is 0. The minimum atomic E-state index is -1.11. The van der Waals surface area contributed by atoms with Gasteiger partial charge in [0.1, 0.15) is 11.3 Å². The summed E-state index contributed by atoms with van der Waals surface area (Å²) < 4.78 is 0. The zero-order valence-electron chi connectivity index (χ0n) is 7.82. The van der Waals surface area contributed by atoms with Crippen molar-refractivity contribution in [2.75, 3.05) is 0 Å². The first-order valence-electron chi connectivity index (χ1n) is 2.73. The quantitative estimate of drug-likeness (QED) is 0.751.